The molecule has 0 unspecified atom stereocenters. The Hall–Kier alpha value is -3.25. The molecule has 0 saturated heterocycles. The molecule has 6 heteroatoms. The highest BCUT2D eigenvalue weighted by atomic mass is 32.1. The van der Waals surface area contributed by atoms with Gasteiger partial charge < -0.3 is 5.32 Å². The first-order valence-corrected chi connectivity index (χ1v) is 10.6. The van der Waals surface area contributed by atoms with E-state index in [1.165, 1.54) is 10.2 Å². The van der Waals surface area contributed by atoms with Gasteiger partial charge in [-0.25, -0.2) is 4.68 Å². The van der Waals surface area contributed by atoms with E-state index >= 15 is 0 Å². The summed E-state index contributed by atoms with van der Waals surface area (Å²) in [4.78, 5) is 26.5. The predicted octanol–water partition coefficient (Wildman–Crippen LogP) is 5.06. The van der Waals surface area contributed by atoms with Crippen molar-refractivity contribution in [2.24, 2.45) is 0 Å². The summed E-state index contributed by atoms with van der Waals surface area (Å²) in [5.41, 5.74) is 2.36. The van der Waals surface area contributed by atoms with Crippen LogP contribution >= 0.6 is 11.3 Å². The monoisotopic (exact) mass is 417 g/mol. The van der Waals surface area contributed by atoms with Crippen molar-refractivity contribution in [3.05, 3.63) is 82.0 Å². The van der Waals surface area contributed by atoms with Gasteiger partial charge in [0.05, 0.1) is 10.3 Å². The normalized spacial score (nSPS) is 11.6. The molecule has 30 heavy (non-hydrogen) atoms. The summed E-state index contributed by atoms with van der Waals surface area (Å²) in [6, 6.07) is 19.1. The zero-order chi connectivity index (χ0) is 21.3. The molecule has 0 aliphatic carbocycles. The molecule has 2 aromatic heterocycles. The number of nitrogens with one attached hydrogen (secondary N) is 1. The van der Waals surface area contributed by atoms with Gasteiger partial charge in [-0.05, 0) is 40.6 Å². The van der Waals surface area contributed by atoms with Crippen LogP contribution in [0.2, 0.25) is 0 Å². The Kier molecular flexibility index (Phi) is 5.26. The molecular formula is C24H23N3O2S. The van der Waals surface area contributed by atoms with E-state index in [-0.39, 0.29) is 23.4 Å². The SMILES string of the molecule is CC(C)(C)c1ccc(NC(=O)Cn2nc(-c3cccs3)c3ccccc3c2=O)cc1. The maximum Gasteiger partial charge on any atom is 0.275 e. The molecule has 1 amide bonds. The number of hydrogen-bond donors (Lipinski definition) is 1. The van der Waals surface area contributed by atoms with Gasteiger partial charge in [0.15, 0.2) is 0 Å². The van der Waals surface area contributed by atoms with Crippen molar-refractivity contribution in [1.29, 1.82) is 0 Å². The van der Waals surface area contributed by atoms with Crippen LogP contribution in [0, 0.1) is 0 Å². The van der Waals surface area contributed by atoms with Gasteiger partial charge in [0.2, 0.25) is 5.91 Å². The minimum atomic E-state index is -0.291. The first-order valence-electron chi connectivity index (χ1n) is 9.77. The summed E-state index contributed by atoms with van der Waals surface area (Å²) in [7, 11) is 0. The number of anilines is 1. The lowest BCUT2D eigenvalue weighted by Crippen LogP contribution is -2.30. The fraction of sp³-hybridized carbons (Fsp3) is 0.208. The van der Waals surface area contributed by atoms with Crippen LogP contribution in [0.4, 0.5) is 5.69 Å². The molecule has 0 bridgehead atoms. The number of aromatic nitrogens is 2. The van der Waals surface area contributed by atoms with Gasteiger partial charge >= 0.3 is 0 Å². The number of nitrogens with zero attached hydrogens (tertiary/aromatic N) is 2. The molecule has 0 fully saturated rings. The summed E-state index contributed by atoms with van der Waals surface area (Å²) in [5, 5.41) is 10.7. The molecule has 152 valence electrons. The highest BCUT2D eigenvalue weighted by Crippen LogP contribution is 2.28. The molecule has 2 aromatic carbocycles. The Balaban J connectivity index is 1.63. The fourth-order valence-corrected chi connectivity index (χ4v) is 4.05. The van der Waals surface area contributed by atoms with E-state index in [1.807, 2.05) is 60.0 Å². The van der Waals surface area contributed by atoms with Gasteiger partial charge in [0.1, 0.15) is 12.2 Å². The minimum Gasteiger partial charge on any atom is -0.324 e. The van der Waals surface area contributed by atoms with Crippen LogP contribution in [0.3, 0.4) is 0 Å². The molecule has 0 spiro atoms. The van der Waals surface area contributed by atoms with Gasteiger partial charge in [0, 0.05) is 11.1 Å². The number of thiophene rings is 1. The first-order chi connectivity index (χ1) is 14.3. The maximum absolute atomic E-state index is 12.9. The van der Waals surface area contributed by atoms with Crippen LogP contribution in [0.15, 0.2) is 70.8 Å². The van der Waals surface area contributed by atoms with Gasteiger partial charge in [-0.15, -0.1) is 11.3 Å². The first kappa shape index (κ1) is 20.0. The quantitative estimate of drug-likeness (QED) is 0.505. The van der Waals surface area contributed by atoms with Crippen LogP contribution in [-0.4, -0.2) is 15.7 Å². The highest BCUT2D eigenvalue weighted by molar-refractivity contribution is 7.13. The summed E-state index contributed by atoms with van der Waals surface area (Å²) in [5.74, 6) is -0.291. The molecule has 5 nitrogen and oxygen atoms in total. The second-order valence-corrected chi connectivity index (χ2v) is 9.16. The van der Waals surface area contributed by atoms with Crippen molar-refractivity contribution in [3.8, 4) is 10.6 Å². The third-order valence-electron chi connectivity index (χ3n) is 4.95. The summed E-state index contributed by atoms with van der Waals surface area (Å²) in [6.07, 6.45) is 0. The number of amides is 1. The third-order valence-corrected chi connectivity index (χ3v) is 5.83. The lowest BCUT2D eigenvalue weighted by molar-refractivity contribution is -0.117. The molecule has 2 heterocycles. The smallest absolute Gasteiger partial charge is 0.275 e. The number of fused-ring (bicyclic) bond motifs is 1. The Bertz CT molecular complexity index is 1250. The van der Waals surface area contributed by atoms with Gasteiger partial charge in [-0.2, -0.15) is 5.10 Å². The maximum atomic E-state index is 12.9. The molecular weight excluding hydrogens is 394 g/mol. The second kappa shape index (κ2) is 7.88. The molecule has 4 aromatic rings. The summed E-state index contributed by atoms with van der Waals surface area (Å²) in [6.45, 7) is 6.28. The van der Waals surface area contributed by atoms with Gasteiger partial charge in [-0.3, -0.25) is 9.59 Å². The molecule has 0 atom stereocenters. The lowest BCUT2D eigenvalue weighted by Gasteiger charge is -2.19. The topological polar surface area (TPSA) is 64.0 Å². The Labute approximate surface area is 179 Å². The largest absolute Gasteiger partial charge is 0.324 e. The van der Waals surface area contributed by atoms with Crippen LogP contribution in [-0.2, 0) is 16.8 Å². The Morgan fingerprint density at radius 1 is 1.00 bits per heavy atom. The average Bonchev–Trinajstić information content (AvgIpc) is 3.24. The zero-order valence-electron chi connectivity index (χ0n) is 17.2. The predicted molar refractivity (Wildman–Crippen MR) is 123 cm³/mol. The van der Waals surface area contributed by atoms with E-state index in [0.29, 0.717) is 16.8 Å². The standard InChI is InChI=1S/C24H23N3O2S/c1-24(2,3)16-10-12-17(13-11-16)25-21(28)15-27-23(29)19-8-5-4-7-18(19)22(26-27)20-9-6-14-30-20/h4-14H,15H2,1-3H3,(H,25,28). The van der Waals surface area contributed by atoms with Crippen LogP contribution in [0.25, 0.3) is 21.3 Å². The van der Waals surface area contributed by atoms with E-state index in [0.717, 1.165) is 10.3 Å². The van der Waals surface area contributed by atoms with Crippen molar-refractivity contribution in [3.63, 3.8) is 0 Å². The summed E-state index contributed by atoms with van der Waals surface area (Å²) < 4.78 is 1.25. The Morgan fingerprint density at radius 3 is 2.33 bits per heavy atom. The number of carbonyl (C=O) groups excluding carboxylic acids is 1. The van der Waals surface area contributed by atoms with Crippen LogP contribution < -0.4 is 10.9 Å². The Morgan fingerprint density at radius 2 is 1.70 bits per heavy atom. The van der Waals surface area contributed by atoms with Crippen molar-refractivity contribution in [2.75, 3.05) is 5.32 Å². The highest BCUT2D eigenvalue weighted by Gasteiger charge is 2.16. The fourth-order valence-electron chi connectivity index (χ4n) is 3.33. The van der Waals surface area contributed by atoms with E-state index in [9.17, 15) is 9.59 Å². The number of carbonyl (C=O) groups is 1. The third kappa shape index (κ3) is 4.04. The van der Waals surface area contributed by atoms with Crippen molar-refractivity contribution in [1.82, 2.24) is 9.78 Å². The number of rotatable bonds is 4. The molecule has 4 rings (SSSR count). The van der Waals surface area contributed by atoms with Crippen LogP contribution in [0.1, 0.15) is 26.3 Å². The lowest BCUT2D eigenvalue weighted by atomic mass is 9.87. The van der Waals surface area contributed by atoms with Gasteiger partial charge in [0.25, 0.3) is 5.56 Å². The molecule has 0 aliphatic rings. The molecule has 0 saturated carbocycles. The van der Waals surface area contributed by atoms with E-state index in [2.05, 4.69) is 31.2 Å². The minimum absolute atomic E-state index is 0.0447. The van der Waals surface area contributed by atoms with Crippen molar-refractivity contribution in [2.45, 2.75) is 32.7 Å². The molecule has 1 N–H and O–H groups in total. The average molecular weight is 418 g/mol. The van der Waals surface area contributed by atoms with Crippen molar-refractivity contribution >= 4 is 33.7 Å². The van der Waals surface area contributed by atoms with Crippen LogP contribution in [0.5, 0.6) is 0 Å². The van der Waals surface area contributed by atoms with E-state index in [1.54, 1.807) is 17.4 Å². The van der Waals surface area contributed by atoms with Crippen molar-refractivity contribution < 1.29 is 4.79 Å². The summed E-state index contributed by atoms with van der Waals surface area (Å²) >= 11 is 1.55. The second-order valence-electron chi connectivity index (χ2n) is 8.21. The molecule has 0 aliphatic heterocycles. The van der Waals surface area contributed by atoms with E-state index in [4.69, 9.17) is 0 Å². The molecule has 0 radical (unpaired) electrons. The number of hydrogen-bond acceptors (Lipinski definition) is 4. The number of benzene rings is 2. The zero-order valence-corrected chi connectivity index (χ0v) is 18.0. The van der Waals surface area contributed by atoms with Gasteiger partial charge in [-0.1, -0.05) is 57.2 Å². The van der Waals surface area contributed by atoms with E-state index < -0.39 is 0 Å².